The number of urea groups is 1. The predicted octanol–water partition coefficient (Wildman–Crippen LogP) is 2.61. The van der Waals surface area contributed by atoms with Crippen molar-refractivity contribution in [3.8, 4) is 5.75 Å². The third-order valence-electron chi connectivity index (χ3n) is 2.64. The lowest BCUT2D eigenvalue weighted by molar-refractivity contribution is 0.247. The van der Waals surface area contributed by atoms with E-state index in [1.54, 1.807) is 36.4 Å². The maximum absolute atomic E-state index is 13.3. The number of nitrogen functional groups attached to an aromatic ring is 1. The number of hydrogen-bond donors (Lipinski definition) is 3. The Morgan fingerprint density at radius 3 is 2.76 bits per heavy atom. The normalized spacial score (nSPS) is 9.95. The molecule has 2 aromatic rings. The Morgan fingerprint density at radius 1 is 1.19 bits per heavy atom. The summed E-state index contributed by atoms with van der Waals surface area (Å²) in [6, 6.07) is 12.5. The number of carbonyl (C=O) groups excluding carboxylic acids is 1. The number of halogens is 1. The molecular formula is C15H16FN3O2. The van der Waals surface area contributed by atoms with E-state index < -0.39 is 11.8 Å². The number of nitrogens with two attached hydrogens (primary N) is 1. The van der Waals surface area contributed by atoms with Crippen molar-refractivity contribution in [3.63, 3.8) is 0 Å². The molecule has 0 radical (unpaired) electrons. The Hall–Kier alpha value is -2.76. The first kappa shape index (κ1) is 14.6. The van der Waals surface area contributed by atoms with Gasteiger partial charge < -0.3 is 21.1 Å². The van der Waals surface area contributed by atoms with Crippen LogP contribution in [0.15, 0.2) is 48.5 Å². The van der Waals surface area contributed by atoms with E-state index in [4.69, 9.17) is 10.5 Å². The molecule has 0 bridgehead atoms. The fraction of sp³-hybridized carbons (Fsp3) is 0.133. The van der Waals surface area contributed by atoms with Crippen molar-refractivity contribution < 1.29 is 13.9 Å². The third kappa shape index (κ3) is 4.68. The van der Waals surface area contributed by atoms with Crippen LogP contribution in [-0.4, -0.2) is 19.2 Å². The van der Waals surface area contributed by atoms with Gasteiger partial charge in [-0.15, -0.1) is 0 Å². The smallest absolute Gasteiger partial charge is 0.319 e. The van der Waals surface area contributed by atoms with Crippen molar-refractivity contribution in [1.82, 2.24) is 5.32 Å². The molecule has 4 N–H and O–H groups in total. The van der Waals surface area contributed by atoms with E-state index in [1.807, 2.05) is 0 Å². The van der Waals surface area contributed by atoms with Crippen LogP contribution in [-0.2, 0) is 0 Å². The van der Waals surface area contributed by atoms with Crippen LogP contribution in [0.3, 0.4) is 0 Å². The average molecular weight is 289 g/mol. The summed E-state index contributed by atoms with van der Waals surface area (Å²) < 4.78 is 18.7. The summed E-state index contributed by atoms with van der Waals surface area (Å²) in [5.74, 6) is 0.148. The second-order valence-electron chi connectivity index (χ2n) is 4.28. The number of para-hydroxylation sites is 1. The van der Waals surface area contributed by atoms with Crippen LogP contribution in [0.5, 0.6) is 5.75 Å². The zero-order valence-electron chi connectivity index (χ0n) is 11.3. The SMILES string of the molecule is Nc1cccc(OCCNC(=O)Nc2ccccc2F)c1. The molecule has 0 fully saturated rings. The van der Waals surface area contributed by atoms with Gasteiger partial charge in [0, 0.05) is 11.8 Å². The van der Waals surface area contributed by atoms with Crippen LogP contribution in [0.4, 0.5) is 20.6 Å². The standard InChI is InChI=1S/C15H16FN3O2/c16-13-6-1-2-7-14(13)19-15(20)18-8-9-21-12-5-3-4-11(17)10-12/h1-7,10H,8-9,17H2,(H2,18,19,20). The molecule has 0 aliphatic rings. The fourth-order valence-corrected chi connectivity index (χ4v) is 1.67. The maximum Gasteiger partial charge on any atom is 0.319 e. The van der Waals surface area contributed by atoms with Crippen LogP contribution in [0, 0.1) is 5.82 Å². The van der Waals surface area contributed by atoms with Crippen LogP contribution < -0.4 is 21.1 Å². The molecule has 2 aromatic carbocycles. The van der Waals surface area contributed by atoms with Crippen molar-refractivity contribution in [2.75, 3.05) is 24.2 Å². The minimum atomic E-state index is -0.490. The second-order valence-corrected chi connectivity index (χ2v) is 4.28. The highest BCUT2D eigenvalue weighted by Gasteiger charge is 2.05. The van der Waals surface area contributed by atoms with Crippen molar-refractivity contribution in [3.05, 3.63) is 54.3 Å². The molecule has 0 atom stereocenters. The highest BCUT2D eigenvalue weighted by Crippen LogP contribution is 2.14. The van der Waals surface area contributed by atoms with E-state index in [0.29, 0.717) is 11.4 Å². The monoisotopic (exact) mass is 289 g/mol. The van der Waals surface area contributed by atoms with E-state index in [1.165, 1.54) is 12.1 Å². The van der Waals surface area contributed by atoms with E-state index >= 15 is 0 Å². The third-order valence-corrected chi connectivity index (χ3v) is 2.64. The van der Waals surface area contributed by atoms with Gasteiger partial charge in [-0.2, -0.15) is 0 Å². The maximum atomic E-state index is 13.3. The Balaban J connectivity index is 1.71. The number of amides is 2. The van der Waals surface area contributed by atoms with Gasteiger partial charge in [0.25, 0.3) is 0 Å². The zero-order valence-corrected chi connectivity index (χ0v) is 11.3. The Bertz CT molecular complexity index is 619. The molecule has 110 valence electrons. The fourth-order valence-electron chi connectivity index (χ4n) is 1.67. The summed E-state index contributed by atoms with van der Waals surface area (Å²) in [7, 11) is 0. The molecular weight excluding hydrogens is 273 g/mol. The topological polar surface area (TPSA) is 76.4 Å². The number of rotatable bonds is 5. The molecule has 0 heterocycles. The second kappa shape index (κ2) is 7.14. The summed E-state index contributed by atoms with van der Waals surface area (Å²) >= 11 is 0. The first-order valence-electron chi connectivity index (χ1n) is 6.43. The molecule has 0 saturated carbocycles. The number of ether oxygens (including phenoxy) is 1. The molecule has 0 saturated heterocycles. The highest BCUT2D eigenvalue weighted by atomic mass is 19.1. The predicted molar refractivity (Wildman–Crippen MR) is 79.8 cm³/mol. The number of hydrogen-bond acceptors (Lipinski definition) is 3. The van der Waals surface area contributed by atoms with E-state index in [0.717, 1.165) is 0 Å². The first-order chi connectivity index (χ1) is 10.1. The summed E-state index contributed by atoms with van der Waals surface area (Å²) in [4.78, 5) is 11.6. The minimum absolute atomic E-state index is 0.131. The van der Waals surface area contributed by atoms with Gasteiger partial charge in [0.05, 0.1) is 12.2 Å². The quantitative estimate of drug-likeness (QED) is 0.585. The van der Waals surface area contributed by atoms with Crippen LogP contribution in [0.2, 0.25) is 0 Å². The Labute approximate surface area is 121 Å². The van der Waals surface area contributed by atoms with E-state index in [9.17, 15) is 9.18 Å². The van der Waals surface area contributed by atoms with Gasteiger partial charge in [0.1, 0.15) is 18.2 Å². The molecule has 0 aliphatic carbocycles. The summed E-state index contributed by atoms with van der Waals surface area (Å²) in [6.07, 6.45) is 0. The molecule has 5 nitrogen and oxygen atoms in total. The van der Waals surface area contributed by atoms with Crippen LogP contribution in [0.1, 0.15) is 0 Å². The van der Waals surface area contributed by atoms with Crippen molar-refractivity contribution in [2.24, 2.45) is 0 Å². The lowest BCUT2D eigenvalue weighted by Gasteiger charge is -2.09. The number of carbonyl (C=O) groups is 1. The molecule has 0 aliphatic heterocycles. The summed E-state index contributed by atoms with van der Waals surface area (Å²) in [5, 5.41) is 4.99. The molecule has 0 unspecified atom stereocenters. The average Bonchev–Trinajstić information content (AvgIpc) is 2.46. The van der Waals surface area contributed by atoms with Gasteiger partial charge in [-0.25, -0.2) is 9.18 Å². The molecule has 0 spiro atoms. The van der Waals surface area contributed by atoms with Gasteiger partial charge in [0.15, 0.2) is 0 Å². The van der Waals surface area contributed by atoms with Gasteiger partial charge in [0.2, 0.25) is 0 Å². The Kier molecular flexibility index (Phi) is 4.98. The number of benzene rings is 2. The number of anilines is 2. The molecule has 0 aromatic heterocycles. The van der Waals surface area contributed by atoms with Gasteiger partial charge in [-0.1, -0.05) is 18.2 Å². The summed E-state index contributed by atoms with van der Waals surface area (Å²) in [6.45, 7) is 0.573. The van der Waals surface area contributed by atoms with Crippen LogP contribution in [0.25, 0.3) is 0 Å². The van der Waals surface area contributed by atoms with Crippen molar-refractivity contribution in [1.29, 1.82) is 0 Å². The van der Waals surface area contributed by atoms with Gasteiger partial charge >= 0.3 is 6.03 Å². The van der Waals surface area contributed by atoms with Crippen molar-refractivity contribution >= 4 is 17.4 Å². The van der Waals surface area contributed by atoms with Crippen molar-refractivity contribution in [2.45, 2.75) is 0 Å². The zero-order chi connectivity index (χ0) is 15.1. The largest absolute Gasteiger partial charge is 0.492 e. The lowest BCUT2D eigenvalue weighted by Crippen LogP contribution is -2.32. The summed E-state index contributed by atoms with van der Waals surface area (Å²) in [5.41, 5.74) is 6.36. The lowest BCUT2D eigenvalue weighted by atomic mass is 10.3. The van der Waals surface area contributed by atoms with Crippen LogP contribution >= 0.6 is 0 Å². The van der Waals surface area contributed by atoms with E-state index in [-0.39, 0.29) is 18.8 Å². The molecule has 21 heavy (non-hydrogen) atoms. The van der Waals surface area contributed by atoms with Gasteiger partial charge in [-0.3, -0.25) is 0 Å². The molecule has 2 amide bonds. The molecule has 6 heteroatoms. The Morgan fingerprint density at radius 2 is 2.00 bits per heavy atom. The molecule has 2 rings (SSSR count). The highest BCUT2D eigenvalue weighted by molar-refractivity contribution is 5.89. The first-order valence-corrected chi connectivity index (χ1v) is 6.43. The van der Waals surface area contributed by atoms with Gasteiger partial charge in [-0.05, 0) is 24.3 Å². The number of nitrogens with one attached hydrogen (secondary N) is 2. The van der Waals surface area contributed by atoms with E-state index in [2.05, 4.69) is 10.6 Å². The minimum Gasteiger partial charge on any atom is -0.492 e.